The number of carbonyl (C=O) groups is 2. The Balaban J connectivity index is 2.52. The van der Waals surface area contributed by atoms with Crippen molar-refractivity contribution in [3.8, 4) is 0 Å². The first-order chi connectivity index (χ1) is 12.6. The van der Waals surface area contributed by atoms with E-state index in [1.165, 1.54) is 0 Å². The molecular formula is C20H30ClNO4. The summed E-state index contributed by atoms with van der Waals surface area (Å²) in [6, 6.07) is 7.23. The SMILES string of the molecule is CCCCOCCCN(CCC(=O)OCC)C(=O)Cc1ccc(Cl)cc1. The molecule has 26 heavy (non-hydrogen) atoms. The molecule has 0 N–H and O–H groups in total. The maximum absolute atomic E-state index is 12.6. The number of nitrogens with zero attached hydrogens (tertiary/aromatic N) is 1. The van der Waals surface area contributed by atoms with Crippen molar-refractivity contribution < 1.29 is 19.1 Å². The summed E-state index contributed by atoms with van der Waals surface area (Å²) in [7, 11) is 0. The fourth-order valence-corrected chi connectivity index (χ4v) is 2.54. The number of hydrogen-bond acceptors (Lipinski definition) is 4. The zero-order valence-corrected chi connectivity index (χ0v) is 16.6. The number of esters is 1. The van der Waals surface area contributed by atoms with Gasteiger partial charge in [0, 0.05) is 31.3 Å². The molecule has 0 aliphatic carbocycles. The first-order valence-corrected chi connectivity index (χ1v) is 9.70. The highest BCUT2D eigenvalue weighted by Gasteiger charge is 2.16. The van der Waals surface area contributed by atoms with E-state index in [0.717, 1.165) is 31.4 Å². The number of carbonyl (C=O) groups excluding carboxylic acids is 2. The van der Waals surface area contributed by atoms with E-state index >= 15 is 0 Å². The molecule has 0 aromatic heterocycles. The summed E-state index contributed by atoms with van der Waals surface area (Å²) in [4.78, 5) is 26.0. The van der Waals surface area contributed by atoms with Gasteiger partial charge in [0.2, 0.25) is 5.91 Å². The highest BCUT2D eigenvalue weighted by atomic mass is 35.5. The van der Waals surface area contributed by atoms with Gasteiger partial charge in [-0.05, 0) is 37.5 Å². The van der Waals surface area contributed by atoms with Crippen LogP contribution in [-0.2, 0) is 25.5 Å². The smallest absolute Gasteiger partial charge is 0.307 e. The molecule has 0 bridgehead atoms. The summed E-state index contributed by atoms with van der Waals surface area (Å²) < 4.78 is 10.5. The summed E-state index contributed by atoms with van der Waals surface area (Å²) in [5.74, 6) is -0.291. The summed E-state index contributed by atoms with van der Waals surface area (Å²) in [6.45, 7) is 6.54. The van der Waals surface area contributed by atoms with Crippen molar-refractivity contribution in [2.75, 3.05) is 32.9 Å². The predicted molar refractivity (Wildman–Crippen MR) is 103 cm³/mol. The molecule has 146 valence electrons. The van der Waals surface area contributed by atoms with Crippen LogP contribution in [0.2, 0.25) is 5.02 Å². The van der Waals surface area contributed by atoms with Crippen LogP contribution >= 0.6 is 11.6 Å². The second-order valence-electron chi connectivity index (χ2n) is 6.06. The van der Waals surface area contributed by atoms with Crippen LogP contribution in [0.15, 0.2) is 24.3 Å². The van der Waals surface area contributed by atoms with Gasteiger partial charge in [0.15, 0.2) is 0 Å². The minimum atomic E-state index is -0.281. The van der Waals surface area contributed by atoms with Crippen molar-refractivity contribution in [1.82, 2.24) is 4.90 Å². The van der Waals surface area contributed by atoms with Gasteiger partial charge in [-0.2, -0.15) is 0 Å². The molecule has 1 amide bonds. The lowest BCUT2D eigenvalue weighted by Crippen LogP contribution is -2.35. The van der Waals surface area contributed by atoms with Crippen LogP contribution in [0.1, 0.15) is 45.1 Å². The van der Waals surface area contributed by atoms with Crippen molar-refractivity contribution in [3.05, 3.63) is 34.9 Å². The summed E-state index contributed by atoms with van der Waals surface area (Å²) in [5, 5.41) is 0.643. The van der Waals surface area contributed by atoms with Gasteiger partial charge in [-0.1, -0.05) is 37.1 Å². The Labute approximate surface area is 161 Å². The van der Waals surface area contributed by atoms with E-state index in [2.05, 4.69) is 6.92 Å². The zero-order chi connectivity index (χ0) is 19.2. The van der Waals surface area contributed by atoms with Crippen LogP contribution in [0.3, 0.4) is 0 Å². The lowest BCUT2D eigenvalue weighted by atomic mass is 10.1. The highest BCUT2D eigenvalue weighted by molar-refractivity contribution is 6.30. The van der Waals surface area contributed by atoms with Gasteiger partial charge in [-0.3, -0.25) is 9.59 Å². The molecule has 0 atom stereocenters. The lowest BCUT2D eigenvalue weighted by Gasteiger charge is -2.22. The standard InChI is InChI=1S/C20H30ClNO4/c1-3-5-14-25-15-6-12-22(13-11-20(24)26-4-2)19(23)16-17-7-9-18(21)10-8-17/h7-10H,3-6,11-16H2,1-2H3. The molecule has 0 saturated carbocycles. The second kappa shape index (κ2) is 13.6. The Hall–Kier alpha value is -1.59. The molecule has 0 fully saturated rings. The van der Waals surface area contributed by atoms with Crippen LogP contribution in [0.4, 0.5) is 0 Å². The Morgan fingerprint density at radius 2 is 1.73 bits per heavy atom. The number of ether oxygens (including phenoxy) is 2. The molecule has 0 aliphatic rings. The molecule has 0 spiro atoms. The highest BCUT2D eigenvalue weighted by Crippen LogP contribution is 2.11. The van der Waals surface area contributed by atoms with E-state index in [0.29, 0.717) is 31.3 Å². The maximum atomic E-state index is 12.6. The molecule has 0 unspecified atom stereocenters. The van der Waals surface area contributed by atoms with Crippen LogP contribution in [0.5, 0.6) is 0 Å². The molecule has 1 aromatic rings. The zero-order valence-electron chi connectivity index (χ0n) is 15.8. The second-order valence-corrected chi connectivity index (χ2v) is 6.49. The van der Waals surface area contributed by atoms with Crippen LogP contribution in [0, 0.1) is 0 Å². The van der Waals surface area contributed by atoms with Gasteiger partial charge >= 0.3 is 5.97 Å². The number of rotatable bonds is 13. The predicted octanol–water partition coefficient (Wildman–Crippen LogP) is 3.87. The molecule has 0 aliphatic heterocycles. The Morgan fingerprint density at radius 1 is 1.04 bits per heavy atom. The van der Waals surface area contributed by atoms with Crippen molar-refractivity contribution in [1.29, 1.82) is 0 Å². The number of halogens is 1. The molecule has 0 radical (unpaired) electrons. The van der Waals surface area contributed by atoms with Crippen molar-refractivity contribution in [3.63, 3.8) is 0 Å². The minimum Gasteiger partial charge on any atom is -0.466 e. The third-order valence-electron chi connectivity index (χ3n) is 3.87. The summed E-state index contributed by atoms with van der Waals surface area (Å²) in [5.41, 5.74) is 0.903. The van der Waals surface area contributed by atoms with Crippen molar-refractivity contribution in [2.45, 2.75) is 46.0 Å². The van der Waals surface area contributed by atoms with Crippen LogP contribution < -0.4 is 0 Å². The molecule has 0 heterocycles. The molecule has 1 aromatic carbocycles. The van der Waals surface area contributed by atoms with Crippen LogP contribution in [0.25, 0.3) is 0 Å². The molecule has 1 rings (SSSR count). The maximum Gasteiger partial charge on any atom is 0.307 e. The first kappa shape index (κ1) is 22.5. The van der Waals surface area contributed by atoms with Gasteiger partial charge in [0.1, 0.15) is 0 Å². The molecule has 6 heteroatoms. The Bertz CT molecular complexity index is 533. The average Bonchev–Trinajstić information content (AvgIpc) is 2.62. The van der Waals surface area contributed by atoms with Gasteiger partial charge in [-0.15, -0.1) is 0 Å². The first-order valence-electron chi connectivity index (χ1n) is 9.32. The van der Waals surface area contributed by atoms with E-state index in [-0.39, 0.29) is 24.7 Å². The van der Waals surface area contributed by atoms with E-state index in [1.54, 1.807) is 24.0 Å². The minimum absolute atomic E-state index is 0.00909. The van der Waals surface area contributed by atoms with Crippen molar-refractivity contribution >= 4 is 23.5 Å². The third-order valence-corrected chi connectivity index (χ3v) is 4.12. The number of benzene rings is 1. The van der Waals surface area contributed by atoms with E-state index in [1.807, 2.05) is 12.1 Å². The third kappa shape index (κ3) is 9.78. The molecule has 5 nitrogen and oxygen atoms in total. The monoisotopic (exact) mass is 383 g/mol. The largest absolute Gasteiger partial charge is 0.466 e. The fraction of sp³-hybridized carbons (Fsp3) is 0.600. The summed E-state index contributed by atoms with van der Waals surface area (Å²) >= 11 is 5.89. The lowest BCUT2D eigenvalue weighted by molar-refractivity contribution is -0.144. The average molecular weight is 384 g/mol. The van der Waals surface area contributed by atoms with Crippen LogP contribution in [-0.4, -0.2) is 49.7 Å². The van der Waals surface area contributed by atoms with Gasteiger partial charge in [0.05, 0.1) is 19.4 Å². The topological polar surface area (TPSA) is 55.8 Å². The quantitative estimate of drug-likeness (QED) is 0.383. The van der Waals surface area contributed by atoms with Crippen molar-refractivity contribution in [2.24, 2.45) is 0 Å². The molecule has 0 saturated heterocycles. The van der Waals surface area contributed by atoms with Gasteiger partial charge < -0.3 is 14.4 Å². The molecular weight excluding hydrogens is 354 g/mol. The van der Waals surface area contributed by atoms with E-state index in [4.69, 9.17) is 21.1 Å². The number of amides is 1. The Morgan fingerprint density at radius 3 is 2.38 bits per heavy atom. The van der Waals surface area contributed by atoms with Gasteiger partial charge in [0.25, 0.3) is 0 Å². The normalized spacial score (nSPS) is 10.6. The van der Waals surface area contributed by atoms with Gasteiger partial charge in [-0.25, -0.2) is 0 Å². The van der Waals surface area contributed by atoms with E-state index in [9.17, 15) is 9.59 Å². The Kier molecular flexibility index (Phi) is 11.7. The number of unbranched alkanes of at least 4 members (excludes halogenated alkanes) is 1. The summed E-state index contributed by atoms with van der Waals surface area (Å²) in [6.07, 6.45) is 3.39. The number of hydrogen-bond donors (Lipinski definition) is 0. The fourth-order valence-electron chi connectivity index (χ4n) is 2.42. The van der Waals surface area contributed by atoms with E-state index < -0.39 is 0 Å².